The molecule has 184 valence electrons. The van der Waals surface area contributed by atoms with Gasteiger partial charge in [-0.15, -0.1) is 0 Å². The van der Waals surface area contributed by atoms with Crippen LogP contribution in [0.25, 0.3) is 0 Å². The quantitative estimate of drug-likeness (QED) is 0.549. The van der Waals surface area contributed by atoms with Crippen molar-refractivity contribution in [3.63, 3.8) is 0 Å². The Bertz CT molecular complexity index is 891. The first-order valence-electron chi connectivity index (χ1n) is 12.7. The van der Waals surface area contributed by atoms with Gasteiger partial charge in [0, 0.05) is 45.0 Å². The second-order valence-corrected chi connectivity index (χ2v) is 9.38. The molecule has 0 bridgehead atoms. The van der Waals surface area contributed by atoms with E-state index in [1.165, 1.54) is 37.7 Å². The number of methoxy groups -OCH3 is 1. The standard InChI is InChI=1S/C27H38N4O3/c1-33-25-11-6-5-10-24(25)31-18-16-30(17-19-31)15-7-14-28-27(32)34-26-13-12-23(21-29-26)20-22-8-3-2-4-9-22/h5-6,10-13,21-22H,2-4,7-9,14-20H2,1H3,(H,28,32). The first kappa shape index (κ1) is 24.3. The average molecular weight is 467 g/mol. The molecule has 34 heavy (non-hydrogen) atoms. The fraction of sp³-hybridized carbons (Fsp3) is 0.556. The molecule has 0 spiro atoms. The van der Waals surface area contributed by atoms with Crippen LogP contribution in [0.2, 0.25) is 0 Å². The van der Waals surface area contributed by atoms with E-state index in [1.807, 2.05) is 24.4 Å². The third kappa shape index (κ3) is 7.10. The second-order valence-electron chi connectivity index (χ2n) is 9.38. The van der Waals surface area contributed by atoms with Crippen LogP contribution in [0.5, 0.6) is 11.6 Å². The molecular formula is C27H38N4O3. The van der Waals surface area contributed by atoms with Crippen LogP contribution in [-0.2, 0) is 6.42 Å². The molecule has 1 aromatic carbocycles. The Hall–Kier alpha value is -2.80. The topological polar surface area (TPSA) is 66.9 Å². The van der Waals surface area contributed by atoms with Gasteiger partial charge in [-0.1, -0.05) is 50.3 Å². The summed E-state index contributed by atoms with van der Waals surface area (Å²) in [6.07, 6.45) is 10.1. The molecule has 0 radical (unpaired) electrons. The van der Waals surface area contributed by atoms with Gasteiger partial charge in [0.25, 0.3) is 0 Å². The van der Waals surface area contributed by atoms with E-state index in [1.54, 1.807) is 13.2 Å². The van der Waals surface area contributed by atoms with Crippen LogP contribution in [0, 0.1) is 5.92 Å². The van der Waals surface area contributed by atoms with Gasteiger partial charge in [0.05, 0.1) is 12.8 Å². The van der Waals surface area contributed by atoms with Crippen molar-refractivity contribution in [3.05, 3.63) is 48.2 Å². The zero-order valence-corrected chi connectivity index (χ0v) is 20.4. The number of hydrogen-bond acceptors (Lipinski definition) is 6. The summed E-state index contributed by atoms with van der Waals surface area (Å²) in [4.78, 5) is 21.3. The van der Waals surface area contributed by atoms with Crippen LogP contribution >= 0.6 is 0 Å². The van der Waals surface area contributed by atoms with Crippen LogP contribution in [0.1, 0.15) is 44.1 Å². The number of nitrogens with one attached hydrogen (secondary N) is 1. The summed E-state index contributed by atoms with van der Waals surface area (Å²) in [5, 5.41) is 2.85. The van der Waals surface area contributed by atoms with Crippen LogP contribution in [0.15, 0.2) is 42.6 Å². The van der Waals surface area contributed by atoms with Crippen LogP contribution in [0.4, 0.5) is 10.5 Å². The first-order chi connectivity index (χ1) is 16.7. The minimum absolute atomic E-state index is 0.359. The van der Waals surface area contributed by atoms with Crippen molar-refractivity contribution in [1.82, 2.24) is 15.2 Å². The van der Waals surface area contributed by atoms with Crippen molar-refractivity contribution in [3.8, 4) is 11.6 Å². The molecule has 0 atom stereocenters. The molecule has 2 aliphatic rings. The van der Waals surface area contributed by atoms with Gasteiger partial charge < -0.3 is 19.7 Å². The lowest BCUT2D eigenvalue weighted by atomic mass is 9.85. The van der Waals surface area contributed by atoms with E-state index in [0.717, 1.165) is 62.9 Å². The van der Waals surface area contributed by atoms with Gasteiger partial charge >= 0.3 is 6.09 Å². The maximum atomic E-state index is 12.1. The third-order valence-electron chi connectivity index (χ3n) is 6.96. The van der Waals surface area contributed by atoms with Crippen LogP contribution in [0.3, 0.4) is 0 Å². The number of rotatable bonds is 9. The van der Waals surface area contributed by atoms with Gasteiger partial charge in [-0.05, 0) is 43.0 Å². The predicted octanol–water partition coefficient (Wildman–Crippen LogP) is 4.51. The summed E-state index contributed by atoms with van der Waals surface area (Å²) >= 11 is 0. The van der Waals surface area contributed by atoms with Crippen LogP contribution in [-0.4, -0.2) is 62.4 Å². The van der Waals surface area contributed by atoms with Crippen molar-refractivity contribution in [2.45, 2.75) is 44.9 Å². The monoisotopic (exact) mass is 466 g/mol. The van der Waals surface area contributed by atoms with E-state index in [0.29, 0.717) is 12.4 Å². The van der Waals surface area contributed by atoms with E-state index in [4.69, 9.17) is 9.47 Å². The lowest BCUT2D eigenvalue weighted by Gasteiger charge is -2.36. The Morgan fingerprint density at radius 1 is 1.06 bits per heavy atom. The van der Waals surface area contributed by atoms with Gasteiger partial charge in [0.15, 0.2) is 0 Å². The molecule has 1 aromatic heterocycles. The zero-order valence-electron chi connectivity index (χ0n) is 20.4. The minimum Gasteiger partial charge on any atom is -0.495 e. The summed E-state index contributed by atoms with van der Waals surface area (Å²) < 4.78 is 10.8. The smallest absolute Gasteiger partial charge is 0.413 e. The van der Waals surface area contributed by atoms with E-state index >= 15 is 0 Å². The molecule has 1 N–H and O–H groups in total. The molecule has 1 saturated carbocycles. The normalized spacial score (nSPS) is 17.4. The van der Waals surface area contributed by atoms with Crippen molar-refractivity contribution >= 4 is 11.8 Å². The Kier molecular flexibility index (Phi) is 9.02. The summed E-state index contributed by atoms with van der Waals surface area (Å²) in [7, 11) is 1.72. The molecule has 2 fully saturated rings. The number of anilines is 1. The summed E-state index contributed by atoms with van der Waals surface area (Å²) in [6, 6.07) is 12.0. The molecular weight excluding hydrogens is 428 g/mol. The van der Waals surface area contributed by atoms with E-state index in [-0.39, 0.29) is 0 Å². The molecule has 1 amide bonds. The average Bonchev–Trinajstić information content (AvgIpc) is 2.89. The van der Waals surface area contributed by atoms with E-state index in [2.05, 4.69) is 32.2 Å². The van der Waals surface area contributed by atoms with Crippen molar-refractivity contribution < 1.29 is 14.3 Å². The molecule has 4 rings (SSSR count). The number of carbonyl (C=O) groups is 1. The maximum Gasteiger partial charge on any atom is 0.413 e. The molecule has 1 aliphatic heterocycles. The van der Waals surface area contributed by atoms with Gasteiger partial charge in [0.2, 0.25) is 5.88 Å². The van der Waals surface area contributed by atoms with Crippen LogP contribution < -0.4 is 19.7 Å². The molecule has 2 aromatic rings. The van der Waals surface area contributed by atoms with E-state index < -0.39 is 6.09 Å². The van der Waals surface area contributed by atoms with Crippen molar-refractivity contribution in [1.29, 1.82) is 0 Å². The molecule has 7 heteroatoms. The van der Waals surface area contributed by atoms with Gasteiger partial charge in [-0.3, -0.25) is 4.90 Å². The Balaban J connectivity index is 1.10. The largest absolute Gasteiger partial charge is 0.495 e. The lowest BCUT2D eigenvalue weighted by molar-refractivity contribution is 0.196. The van der Waals surface area contributed by atoms with Gasteiger partial charge in [-0.25, -0.2) is 9.78 Å². The number of ether oxygens (including phenoxy) is 2. The van der Waals surface area contributed by atoms with Gasteiger partial charge in [-0.2, -0.15) is 0 Å². The third-order valence-corrected chi connectivity index (χ3v) is 6.96. The molecule has 1 saturated heterocycles. The predicted molar refractivity (Wildman–Crippen MR) is 135 cm³/mol. The van der Waals surface area contributed by atoms with Crippen molar-refractivity contribution in [2.24, 2.45) is 5.92 Å². The van der Waals surface area contributed by atoms with E-state index in [9.17, 15) is 4.79 Å². The number of aromatic nitrogens is 1. The number of pyridine rings is 1. The number of carbonyl (C=O) groups excluding carboxylic acids is 1. The highest BCUT2D eigenvalue weighted by atomic mass is 16.6. The zero-order chi connectivity index (χ0) is 23.6. The second kappa shape index (κ2) is 12.6. The summed E-state index contributed by atoms with van der Waals surface area (Å²) in [5.41, 5.74) is 2.38. The molecule has 2 heterocycles. The molecule has 7 nitrogen and oxygen atoms in total. The first-order valence-corrected chi connectivity index (χ1v) is 12.7. The SMILES string of the molecule is COc1ccccc1N1CCN(CCCNC(=O)Oc2ccc(CC3CCCCC3)cn2)CC1. The Morgan fingerprint density at radius 3 is 2.59 bits per heavy atom. The fourth-order valence-corrected chi connectivity index (χ4v) is 5.04. The summed E-state index contributed by atoms with van der Waals surface area (Å²) in [6.45, 7) is 5.48. The Labute approximate surface area is 203 Å². The molecule has 1 aliphatic carbocycles. The number of amides is 1. The number of nitrogens with zero attached hydrogens (tertiary/aromatic N) is 3. The minimum atomic E-state index is -0.437. The molecule has 0 unspecified atom stereocenters. The summed E-state index contributed by atoms with van der Waals surface area (Å²) in [5.74, 6) is 2.05. The highest BCUT2D eigenvalue weighted by Gasteiger charge is 2.19. The number of hydrogen-bond donors (Lipinski definition) is 1. The highest BCUT2D eigenvalue weighted by molar-refractivity contribution is 5.69. The van der Waals surface area contributed by atoms with Crippen molar-refractivity contribution in [2.75, 3.05) is 51.3 Å². The maximum absolute atomic E-state index is 12.1. The number of piperazine rings is 1. The lowest BCUT2D eigenvalue weighted by Crippen LogP contribution is -2.47. The number of para-hydroxylation sites is 2. The highest BCUT2D eigenvalue weighted by Crippen LogP contribution is 2.28. The fourth-order valence-electron chi connectivity index (χ4n) is 5.04. The number of benzene rings is 1. The van der Waals surface area contributed by atoms with Gasteiger partial charge in [0.1, 0.15) is 5.75 Å². The Morgan fingerprint density at radius 2 is 1.85 bits per heavy atom.